The summed E-state index contributed by atoms with van der Waals surface area (Å²) in [5.41, 5.74) is -5.34. The standard InChI is InChI=1S/C34H40O20/c1-33(45,9-21(38)39)10-22(40)49-11-20-24(41)26(43)29(54-32-30(44)34(46,12-35)13-50-32)31(52-20)53-28-25(42)23-17(37)7-15(47-2)8-19(23)51-27(28)14-4-5-16(36)18(6-14)48-3/h4-8,20,24,26,29-32,35-37,41,43-46H,9-13H2,1-3H3,(H,38,39)/t20-,24-,26+,29-,30+,31+,32+,33-,34-/m0/s1. The van der Waals surface area contributed by atoms with Gasteiger partial charge in [-0.05, 0) is 25.1 Å². The van der Waals surface area contributed by atoms with Gasteiger partial charge in [0.1, 0.15) is 59.1 Å². The number of hydrogen-bond donors (Lipinski definition) is 9. The molecular weight excluding hydrogens is 728 g/mol. The van der Waals surface area contributed by atoms with E-state index in [1.807, 2.05) is 0 Å². The van der Waals surface area contributed by atoms with E-state index < -0.39 is 121 Å². The lowest BCUT2D eigenvalue weighted by Crippen LogP contribution is -2.62. The fourth-order valence-corrected chi connectivity index (χ4v) is 5.88. The molecule has 9 atom stereocenters. The van der Waals surface area contributed by atoms with E-state index in [9.17, 15) is 55.2 Å². The molecule has 20 heteroatoms. The van der Waals surface area contributed by atoms with Crippen molar-refractivity contribution in [2.24, 2.45) is 0 Å². The second-order valence-electron chi connectivity index (χ2n) is 13.1. The molecule has 0 aliphatic carbocycles. The smallest absolute Gasteiger partial charge is 0.308 e. The minimum absolute atomic E-state index is 0.0590. The summed E-state index contributed by atoms with van der Waals surface area (Å²) in [6.07, 6.45) is -14.8. The van der Waals surface area contributed by atoms with E-state index in [1.54, 1.807) is 0 Å². The minimum Gasteiger partial charge on any atom is -0.507 e. The molecule has 0 radical (unpaired) electrons. The Hall–Kier alpha value is -4.77. The first-order valence-corrected chi connectivity index (χ1v) is 16.2. The quantitative estimate of drug-likeness (QED) is 0.0861. The van der Waals surface area contributed by atoms with Crippen molar-refractivity contribution in [2.75, 3.05) is 34.0 Å². The fourth-order valence-electron chi connectivity index (χ4n) is 5.88. The summed E-state index contributed by atoms with van der Waals surface area (Å²) >= 11 is 0. The summed E-state index contributed by atoms with van der Waals surface area (Å²) < 4.78 is 44.5. The number of phenols is 2. The zero-order valence-corrected chi connectivity index (χ0v) is 29.0. The third-order valence-corrected chi connectivity index (χ3v) is 8.80. The van der Waals surface area contributed by atoms with Crippen LogP contribution in [-0.4, -0.2) is 146 Å². The van der Waals surface area contributed by atoms with E-state index in [-0.39, 0.29) is 34.2 Å². The predicted molar refractivity (Wildman–Crippen MR) is 177 cm³/mol. The molecule has 0 bridgehead atoms. The van der Waals surface area contributed by atoms with Crippen molar-refractivity contribution in [3.8, 4) is 40.1 Å². The lowest BCUT2D eigenvalue weighted by Gasteiger charge is -2.42. The van der Waals surface area contributed by atoms with Crippen LogP contribution < -0.4 is 19.6 Å². The van der Waals surface area contributed by atoms with Gasteiger partial charge >= 0.3 is 11.9 Å². The molecule has 2 fully saturated rings. The average molecular weight is 769 g/mol. The van der Waals surface area contributed by atoms with Crippen LogP contribution in [0.5, 0.6) is 28.7 Å². The third-order valence-electron chi connectivity index (χ3n) is 8.80. The van der Waals surface area contributed by atoms with Crippen LogP contribution >= 0.6 is 0 Å². The maximum Gasteiger partial charge on any atom is 0.308 e. The SMILES string of the molecule is COc1cc(O)c2c(=O)c(O[C@H]3O[C@@H](COC(=O)C[C@@](C)(O)CC(=O)O)[C@H](O)[C@@H](O)[C@@H]3O[C@H]3OC[C@@](O)(CO)[C@@H]3O)c(-c3ccc(O)c(OC)c3)oc2c1. The molecule has 2 aliphatic rings. The van der Waals surface area contributed by atoms with Crippen LogP contribution in [0.3, 0.4) is 0 Å². The number of ether oxygens (including phenoxy) is 7. The second kappa shape index (κ2) is 15.9. The number of phenolic OH excluding ortho intramolecular Hbond substituents is 2. The van der Waals surface area contributed by atoms with Crippen molar-refractivity contribution >= 4 is 22.9 Å². The number of aromatic hydroxyl groups is 2. The van der Waals surface area contributed by atoms with E-state index in [0.29, 0.717) is 0 Å². The van der Waals surface area contributed by atoms with Gasteiger partial charge in [0.05, 0.1) is 45.9 Å². The van der Waals surface area contributed by atoms with Crippen LogP contribution in [0.15, 0.2) is 39.5 Å². The van der Waals surface area contributed by atoms with E-state index in [2.05, 4.69) is 0 Å². The van der Waals surface area contributed by atoms with Gasteiger partial charge in [-0.25, -0.2) is 0 Å². The molecule has 2 aromatic carbocycles. The van der Waals surface area contributed by atoms with Gasteiger partial charge in [-0.2, -0.15) is 0 Å². The first-order valence-electron chi connectivity index (χ1n) is 16.2. The fraction of sp³-hybridized carbons (Fsp3) is 0.500. The molecule has 0 spiro atoms. The second-order valence-corrected chi connectivity index (χ2v) is 13.1. The molecule has 3 heterocycles. The van der Waals surface area contributed by atoms with Crippen LogP contribution in [0.2, 0.25) is 0 Å². The number of methoxy groups -OCH3 is 2. The molecule has 9 N–H and O–H groups in total. The van der Waals surface area contributed by atoms with Gasteiger partial charge in [-0.3, -0.25) is 14.4 Å². The van der Waals surface area contributed by atoms with Crippen LogP contribution in [0.4, 0.5) is 0 Å². The number of aliphatic carboxylic acids is 1. The average Bonchev–Trinajstić information content (AvgIpc) is 3.39. The summed E-state index contributed by atoms with van der Waals surface area (Å²) in [5, 5.41) is 93.1. The molecule has 2 aliphatic heterocycles. The minimum atomic E-state index is -2.19. The Bertz CT molecular complexity index is 1910. The normalized spacial score (nSPS) is 28.0. The van der Waals surface area contributed by atoms with E-state index in [4.69, 9.17) is 42.7 Å². The van der Waals surface area contributed by atoms with Gasteiger partial charge in [0.25, 0.3) is 0 Å². The highest BCUT2D eigenvalue weighted by atomic mass is 16.8. The van der Waals surface area contributed by atoms with Crippen molar-refractivity contribution in [2.45, 2.75) is 74.1 Å². The molecule has 0 unspecified atom stereocenters. The largest absolute Gasteiger partial charge is 0.507 e. The van der Waals surface area contributed by atoms with Gasteiger partial charge in [0.2, 0.25) is 17.5 Å². The number of carboxylic acids is 1. The van der Waals surface area contributed by atoms with Crippen LogP contribution in [0.1, 0.15) is 19.8 Å². The highest BCUT2D eigenvalue weighted by Crippen LogP contribution is 2.40. The van der Waals surface area contributed by atoms with E-state index in [1.165, 1.54) is 38.5 Å². The lowest BCUT2D eigenvalue weighted by atomic mass is 9.97. The van der Waals surface area contributed by atoms with Crippen LogP contribution in [0, 0.1) is 0 Å². The summed E-state index contributed by atoms with van der Waals surface area (Å²) in [7, 11) is 2.57. The Balaban J connectivity index is 1.57. The van der Waals surface area contributed by atoms with Crippen molar-refractivity contribution in [3.63, 3.8) is 0 Å². The van der Waals surface area contributed by atoms with Gasteiger partial charge in [0, 0.05) is 17.7 Å². The van der Waals surface area contributed by atoms with E-state index in [0.717, 1.165) is 13.0 Å². The molecule has 20 nitrogen and oxygen atoms in total. The van der Waals surface area contributed by atoms with Crippen molar-refractivity contribution < 1.29 is 93.1 Å². The van der Waals surface area contributed by atoms with E-state index >= 15 is 0 Å². The Morgan fingerprint density at radius 3 is 2.35 bits per heavy atom. The highest BCUT2D eigenvalue weighted by Gasteiger charge is 2.54. The molecule has 0 amide bonds. The van der Waals surface area contributed by atoms with Crippen LogP contribution in [-0.2, 0) is 28.5 Å². The zero-order valence-electron chi connectivity index (χ0n) is 29.0. The molecule has 54 heavy (non-hydrogen) atoms. The lowest BCUT2D eigenvalue weighted by molar-refractivity contribution is -0.319. The predicted octanol–water partition coefficient (Wildman–Crippen LogP) is -1.30. The summed E-state index contributed by atoms with van der Waals surface area (Å²) in [4.78, 5) is 37.8. The van der Waals surface area contributed by atoms with Gasteiger partial charge in [-0.1, -0.05) is 0 Å². The molecular formula is C34H40O20. The monoisotopic (exact) mass is 768 g/mol. The van der Waals surface area contributed by atoms with Gasteiger partial charge in [0.15, 0.2) is 29.7 Å². The Morgan fingerprint density at radius 2 is 1.72 bits per heavy atom. The maximum atomic E-state index is 14.2. The molecule has 1 aromatic heterocycles. The summed E-state index contributed by atoms with van der Waals surface area (Å²) in [5.74, 6) is -4.39. The first kappa shape index (κ1) is 40.4. The van der Waals surface area contributed by atoms with Gasteiger partial charge < -0.3 is 83.5 Å². The maximum absolute atomic E-state index is 14.2. The number of hydrogen-bond acceptors (Lipinski definition) is 19. The number of esters is 1. The van der Waals surface area contributed by atoms with Crippen molar-refractivity contribution in [3.05, 3.63) is 40.6 Å². The number of carboxylic acid groups (broad SMARTS) is 1. The number of rotatable bonds is 14. The molecule has 5 rings (SSSR count). The third kappa shape index (κ3) is 8.31. The number of aliphatic hydroxyl groups is 6. The molecule has 3 aromatic rings. The topological polar surface area (TPSA) is 311 Å². The zero-order chi connectivity index (χ0) is 39.7. The Kier molecular flexibility index (Phi) is 11.9. The van der Waals surface area contributed by atoms with Crippen molar-refractivity contribution in [1.82, 2.24) is 0 Å². The Labute approximate surface area is 304 Å². The number of carbonyl (C=O) groups excluding carboxylic acids is 1. The van der Waals surface area contributed by atoms with Crippen LogP contribution in [0.25, 0.3) is 22.3 Å². The molecule has 296 valence electrons. The Morgan fingerprint density at radius 1 is 1.00 bits per heavy atom. The van der Waals surface area contributed by atoms with Gasteiger partial charge in [-0.15, -0.1) is 0 Å². The highest BCUT2D eigenvalue weighted by molar-refractivity contribution is 5.88. The number of aliphatic hydroxyl groups excluding tert-OH is 4. The molecule has 2 saturated heterocycles. The van der Waals surface area contributed by atoms with Crippen molar-refractivity contribution in [1.29, 1.82) is 0 Å². The molecule has 0 saturated carbocycles. The summed E-state index contributed by atoms with van der Waals surface area (Å²) in [6, 6.07) is 6.23. The number of benzene rings is 2. The first-order chi connectivity index (χ1) is 25.4. The number of carbonyl (C=O) groups is 2. The number of fused-ring (bicyclic) bond motifs is 1. The summed E-state index contributed by atoms with van der Waals surface area (Å²) in [6.45, 7) is -1.32.